The zero-order chi connectivity index (χ0) is 23.8. The van der Waals surface area contributed by atoms with Gasteiger partial charge in [0.2, 0.25) is 5.82 Å². The number of rotatable bonds is 5. The molecule has 0 heterocycles. The van der Waals surface area contributed by atoms with E-state index in [1.807, 2.05) is 91.0 Å². The van der Waals surface area contributed by atoms with Crippen LogP contribution in [0.25, 0.3) is 0 Å². The molecular formula is C24H18FN2O5P. The van der Waals surface area contributed by atoms with Crippen LogP contribution in [0.4, 0.5) is 10.1 Å². The Morgan fingerprint density at radius 2 is 0.939 bits per heavy atom. The van der Waals surface area contributed by atoms with Gasteiger partial charge in [0.05, 0.1) is 16.1 Å². The highest BCUT2D eigenvalue weighted by atomic mass is 31.2. The summed E-state index contributed by atoms with van der Waals surface area (Å²) in [4.78, 5) is 19.1. The molecule has 4 aromatic carbocycles. The van der Waals surface area contributed by atoms with E-state index >= 15 is 0 Å². The Hall–Kier alpha value is -4.16. The summed E-state index contributed by atoms with van der Waals surface area (Å²) >= 11 is 0. The first-order valence-corrected chi connectivity index (χ1v) is 11.5. The number of benzene rings is 4. The predicted molar refractivity (Wildman–Crippen MR) is 128 cm³/mol. The second-order valence-electron chi connectivity index (χ2n) is 6.79. The van der Waals surface area contributed by atoms with E-state index in [0.29, 0.717) is 0 Å². The van der Waals surface area contributed by atoms with Gasteiger partial charge < -0.3 is 15.3 Å². The van der Waals surface area contributed by atoms with Crippen molar-refractivity contribution in [1.29, 1.82) is 0 Å². The minimum Gasteiger partial charge on any atom is -0.356 e. The zero-order valence-electron chi connectivity index (χ0n) is 17.2. The Labute approximate surface area is 189 Å². The average molecular weight is 463 g/mol. The third-order valence-corrected chi connectivity index (χ3v) is 9.22. The number of hydrogen-bond acceptors (Lipinski definition) is 5. The molecule has 0 aromatic heterocycles. The molecule has 0 unspecified atom stereocenters. The van der Waals surface area contributed by atoms with E-state index in [-0.39, 0.29) is 0 Å². The molecule has 0 saturated carbocycles. The van der Waals surface area contributed by atoms with Crippen molar-refractivity contribution in [3.63, 3.8) is 0 Å². The van der Waals surface area contributed by atoms with Crippen LogP contribution in [0.15, 0.2) is 109 Å². The van der Waals surface area contributed by atoms with Gasteiger partial charge in [-0.05, 0) is 48.5 Å². The molecular weight excluding hydrogens is 445 g/mol. The summed E-state index contributed by atoms with van der Waals surface area (Å²) in [7, 11) is -2.46. The summed E-state index contributed by atoms with van der Waals surface area (Å²) in [5.41, 5.74) is -0.505. The van der Waals surface area contributed by atoms with E-state index < -0.39 is 28.8 Å². The van der Waals surface area contributed by atoms with Gasteiger partial charge >= 0.3 is 5.69 Å². The quantitative estimate of drug-likeness (QED) is 0.251. The van der Waals surface area contributed by atoms with Crippen molar-refractivity contribution in [2.45, 2.75) is 0 Å². The lowest BCUT2D eigenvalue weighted by molar-refractivity contribution is -0.402. The Kier molecular flexibility index (Phi) is 7.43. The number of nitrogens with zero attached hydrogens (tertiary/aromatic N) is 2. The highest BCUT2D eigenvalue weighted by Gasteiger charge is 2.48. The Balaban J connectivity index is 0.000000709. The van der Waals surface area contributed by atoms with Gasteiger partial charge in [-0.1, -0.05) is 54.6 Å². The first kappa shape index (κ1) is 23.5. The standard InChI is InChI=1S/C24H18FNO2P.NO3/c25-23-17-16-22(18-24(23)26(27)28)29(19-10-4-1-5-11-19,20-12-6-2-7-13-20)21-14-8-3-9-15-21;2-1(3)4/h1-18H;/q+1;-1/i25-1;. The molecule has 4 aromatic rings. The molecule has 0 aliphatic rings. The van der Waals surface area contributed by atoms with E-state index in [4.69, 9.17) is 15.3 Å². The van der Waals surface area contributed by atoms with Gasteiger partial charge in [-0.15, -0.1) is 0 Å². The molecule has 0 N–H and O–H groups in total. The second kappa shape index (κ2) is 10.4. The topological polar surface area (TPSA) is 109 Å². The van der Waals surface area contributed by atoms with Crippen LogP contribution in [0.5, 0.6) is 0 Å². The molecule has 0 spiro atoms. The van der Waals surface area contributed by atoms with E-state index in [0.717, 1.165) is 21.2 Å². The lowest BCUT2D eigenvalue weighted by Crippen LogP contribution is -2.38. The van der Waals surface area contributed by atoms with Gasteiger partial charge in [0, 0.05) is 0 Å². The van der Waals surface area contributed by atoms with Crippen molar-refractivity contribution in [3.8, 4) is 0 Å². The molecule has 0 aliphatic heterocycles. The molecule has 0 fully saturated rings. The molecule has 0 radical (unpaired) electrons. The maximum Gasteiger partial charge on any atom is 0.308 e. The summed E-state index contributed by atoms with van der Waals surface area (Å²) < 4.78 is 14.2. The monoisotopic (exact) mass is 463 g/mol. The van der Waals surface area contributed by atoms with Gasteiger partial charge in [0.25, 0.3) is 0 Å². The minimum atomic E-state index is -2.46. The highest BCUT2D eigenvalue weighted by molar-refractivity contribution is 8.01. The van der Waals surface area contributed by atoms with Gasteiger partial charge in [0.1, 0.15) is 28.5 Å². The first-order chi connectivity index (χ1) is 15.9. The Bertz CT molecular complexity index is 1140. The molecule has 9 heteroatoms. The number of hydrogen-bond donors (Lipinski definition) is 0. The van der Waals surface area contributed by atoms with Gasteiger partial charge in [-0.25, -0.2) is 0 Å². The van der Waals surface area contributed by atoms with Crippen molar-refractivity contribution >= 4 is 34.2 Å². The third kappa shape index (κ3) is 5.02. The van der Waals surface area contributed by atoms with Crippen molar-refractivity contribution in [3.05, 3.63) is 140 Å². The summed E-state index contributed by atoms with van der Waals surface area (Å²) in [5, 5.41) is 30.1. The molecule has 0 amide bonds. The lowest BCUT2D eigenvalue weighted by atomic mass is 10.3. The van der Waals surface area contributed by atoms with Crippen LogP contribution in [0.2, 0.25) is 0 Å². The molecule has 4 rings (SSSR count). The molecule has 166 valence electrons. The maximum atomic E-state index is 14.2. The molecule has 33 heavy (non-hydrogen) atoms. The van der Waals surface area contributed by atoms with Crippen LogP contribution >= 0.6 is 7.26 Å². The normalized spacial score (nSPS) is 10.6. The molecule has 0 aliphatic carbocycles. The van der Waals surface area contributed by atoms with E-state index in [9.17, 15) is 14.5 Å². The van der Waals surface area contributed by atoms with Crippen LogP contribution in [-0.4, -0.2) is 10.0 Å². The number of nitro benzene ring substituents is 1. The van der Waals surface area contributed by atoms with Gasteiger partial charge in [-0.2, -0.15) is 4.39 Å². The molecule has 0 bridgehead atoms. The Morgan fingerprint density at radius 1 is 0.576 bits per heavy atom. The van der Waals surface area contributed by atoms with Crippen LogP contribution < -0.4 is 21.2 Å². The molecule has 0 atom stereocenters. The number of halogens is 1. The predicted octanol–water partition coefficient (Wildman–Crippen LogP) is 4.11. The minimum absolute atomic E-state index is 0.505. The van der Waals surface area contributed by atoms with Crippen LogP contribution in [0.1, 0.15) is 0 Å². The lowest BCUT2D eigenvalue weighted by Gasteiger charge is -2.27. The fourth-order valence-corrected chi connectivity index (χ4v) is 7.96. The highest BCUT2D eigenvalue weighted by Crippen LogP contribution is 2.54. The van der Waals surface area contributed by atoms with E-state index in [2.05, 4.69) is 0 Å². The summed E-state index contributed by atoms with van der Waals surface area (Å²) in [5.74, 6) is -0.828. The van der Waals surface area contributed by atoms with Crippen LogP contribution in [-0.2, 0) is 0 Å². The maximum absolute atomic E-state index is 14.2. The summed E-state index contributed by atoms with van der Waals surface area (Å²) in [6, 6.07) is 34.2. The second-order valence-corrected chi connectivity index (χ2v) is 10.2. The van der Waals surface area contributed by atoms with Gasteiger partial charge in [-0.3, -0.25) is 10.1 Å². The van der Waals surface area contributed by atoms with Crippen LogP contribution in [0, 0.1) is 31.3 Å². The molecule has 7 nitrogen and oxygen atoms in total. The van der Waals surface area contributed by atoms with E-state index in [1.165, 1.54) is 12.1 Å². The largest absolute Gasteiger partial charge is 0.356 e. The molecule has 0 saturated heterocycles. The van der Waals surface area contributed by atoms with Crippen molar-refractivity contribution in [1.82, 2.24) is 0 Å². The third-order valence-electron chi connectivity index (χ3n) is 4.94. The average Bonchev–Trinajstić information content (AvgIpc) is 2.82. The first-order valence-electron chi connectivity index (χ1n) is 9.69. The van der Waals surface area contributed by atoms with Crippen molar-refractivity contribution in [2.75, 3.05) is 0 Å². The number of nitro groups is 1. The zero-order valence-corrected chi connectivity index (χ0v) is 18.0. The van der Waals surface area contributed by atoms with Gasteiger partial charge in [0.15, 0.2) is 0 Å². The smallest absolute Gasteiger partial charge is 0.308 e. The summed E-state index contributed by atoms with van der Waals surface area (Å²) in [6.45, 7) is 0. The fourth-order valence-electron chi connectivity index (χ4n) is 3.70. The van der Waals surface area contributed by atoms with E-state index in [1.54, 1.807) is 6.07 Å². The van der Waals surface area contributed by atoms with Crippen LogP contribution in [0.3, 0.4) is 0 Å². The van der Waals surface area contributed by atoms with Crippen molar-refractivity contribution < 1.29 is 14.4 Å². The summed E-state index contributed by atoms with van der Waals surface area (Å²) in [6.07, 6.45) is 0. The fraction of sp³-hybridized carbons (Fsp3) is 0. The Morgan fingerprint density at radius 3 is 1.27 bits per heavy atom. The van der Waals surface area contributed by atoms with Crippen molar-refractivity contribution in [2.24, 2.45) is 0 Å². The SMILES string of the molecule is O=[N+]([O-])[O-].O=[N+]([O-])c1cc([P+](c2ccccc2)(c2ccccc2)c2ccccc2)ccc1[18F].